The molecule has 1 atom stereocenters. The van der Waals surface area contributed by atoms with E-state index in [1.807, 2.05) is 25.1 Å². The first kappa shape index (κ1) is 8.22. The van der Waals surface area contributed by atoms with Gasteiger partial charge in [0.05, 0.1) is 5.69 Å². The Balaban J connectivity index is 3.03. The summed E-state index contributed by atoms with van der Waals surface area (Å²) in [6, 6.07) is 7.29. The number of nitrogens with two attached hydrogens (primary N) is 1. The maximum atomic E-state index is 11.3. The summed E-state index contributed by atoms with van der Waals surface area (Å²) in [6.45, 7) is 1.89. The molecule has 3 heteroatoms. The molecule has 0 saturated heterocycles. The highest BCUT2D eigenvalue weighted by Gasteiger charge is 2.18. The highest BCUT2D eigenvalue weighted by atomic mass is 31.1. The number of anilines is 1. The molecular formula is C8H11NOP+. The molecule has 0 spiro atoms. The van der Waals surface area contributed by atoms with Crippen molar-refractivity contribution in [3.63, 3.8) is 0 Å². The second kappa shape index (κ2) is 3.49. The van der Waals surface area contributed by atoms with Crippen LogP contribution in [0, 0.1) is 0 Å². The molecule has 0 saturated carbocycles. The standard InChI is InChI=1S/C8H11NOP/c1-2-11(10)8-6-4-3-5-7(8)9/h3-6H,2,9H2,1H3/q+1. The van der Waals surface area contributed by atoms with Gasteiger partial charge in [-0.2, -0.15) is 0 Å². The monoisotopic (exact) mass is 168 g/mol. The van der Waals surface area contributed by atoms with Crippen LogP contribution in [0.25, 0.3) is 0 Å². The van der Waals surface area contributed by atoms with Gasteiger partial charge in [0.2, 0.25) is 5.30 Å². The van der Waals surface area contributed by atoms with Crippen molar-refractivity contribution in [1.82, 2.24) is 0 Å². The molecule has 0 aliphatic heterocycles. The lowest BCUT2D eigenvalue weighted by Gasteiger charge is -1.90. The maximum absolute atomic E-state index is 11.3. The normalized spacial score (nSPS) is 11.2. The van der Waals surface area contributed by atoms with Gasteiger partial charge >= 0.3 is 7.80 Å². The zero-order valence-electron chi connectivity index (χ0n) is 6.45. The summed E-state index contributed by atoms with van der Waals surface area (Å²) < 4.78 is 11.3. The summed E-state index contributed by atoms with van der Waals surface area (Å²) in [6.07, 6.45) is 0.656. The zero-order valence-corrected chi connectivity index (χ0v) is 7.34. The van der Waals surface area contributed by atoms with Gasteiger partial charge in [0.1, 0.15) is 6.16 Å². The average Bonchev–Trinajstić information content (AvgIpc) is 2.04. The third kappa shape index (κ3) is 1.78. The molecule has 0 bridgehead atoms. The van der Waals surface area contributed by atoms with E-state index in [1.54, 1.807) is 6.07 Å². The Morgan fingerprint density at radius 1 is 1.45 bits per heavy atom. The zero-order chi connectivity index (χ0) is 8.27. The van der Waals surface area contributed by atoms with Gasteiger partial charge < -0.3 is 5.73 Å². The minimum Gasteiger partial charge on any atom is -0.395 e. The predicted octanol–water partition coefficient (Wildman–Crippen LogP) is 1.74. The van der Waals surface area contributed by atoms with Crippen molar-refractivity contribution in [2.75, 3.05) is 11.9 Å². The van der Waals surface area contributed by atoms with E-state index < -0.39 is 7.80 Å². The summed E-state index contributed by atoms with van der Waals surface area (Å²) in [4.78, 5) is 0. The van der Waals surface area contributed by atoms with Crippen molar-refractivity contribution >= 4 is 18.8 Å². The molecule has 0 heterocycles. The number of nitrogen functional groups attached to an aromatic ring is 1. The molecule has 58 valence electrons. The van der Waals surface area contributed by atoms with Crippen LogP contribution < -0.4 is 11.0 Å². The van der Waals surface area contributed by atoms with Crippen LogP contribution in [-0.4, -0.2) is 6.16 Å². The van der Waals surface area contributed by atoms with Crippen LogP contribution in [0.3, 0.4) is 0 Å². The third-order valence-electron chi connectivity index (χ3n) is 1.49. The summed E-state index contributed by atoms with van der Waals surface area (Å²) >= 11 is 0. The van der Waals surface area contributed by atoms with E-state index in [9.17, 15) is 4.57 Å². The summed E-state index contributed by atoms with van der Waals surface area (Å²) in [7, 11) is -1.27. The largest absolute Gasteiger partial charge is 0.395 e. The highest BCUT2D eigenvalue weighted by molar-refractivity contribution is 7.53. The van der Waals surface area contributed by atoms with Crippen LogP contribution in [0.4, 0.5) is 5.69 Å². The van der Waals surface area contributed by atoms with Crippen LogP contribution in [0.15, 0.2) is 24.3 Å². The maximum Gasteiger partial charge on any atom is 0.378 e. The fourth-order valence-electron chi connectivity index (χ4n) is 0.885. The Hall–Kier alpha value is -0.880. The Morgan fingerprint density at radius 2 is 2.09 bits per heavy atom. The molecule has 0 fully saturated rings. The SMILES string of the molecule is CC[P+](=O)c1ccccc1N. The van der Waals surface area contributed by atoms with Crippen molar-refractivity contribution in [2.24, 2.45) is 0 Å². The van der Waals surface area contributed by atoms with E-state index in [1.165, 1.54) is 0 Å². The van der Waals surface area contributed by atoms with E-state index in [-0.39, 0.29) is 0 Å². The molecule has 0 aliphatic carbocycles. The minimum absolute atomic E-state index is 0.635. The second-order valence-corrected chi connectivity index (χ2v) is 4.12. The smallest absolute Gasteiger partial charge is 0.378 e. The summed E-state index contributed by atoms with van der Waals surface area (Å²) in [5.41, 5.74) is 6.25. The molecule has 11 heavy (non-hydrogen) atoms. The first-order valence-corrected chi connectivity index (χ1v) is 4.99. The average molecular weight is 168 g/mol. The van der Waals surface area contributed by atoms with E-state index >= 15 is 0 Å². The highest BCUT2D eigenvalue weighted by Crippen LogP contribution is 2.21. The van der Waals surface area contributed by atoms with Gasteiger partial charge in [0.15, 0.2) is 0 Å². The topological polar surface area (TPSA) is 43.1 Å². The number of para-hydroxylation sites is 1. The summed E-state index contributed by atoms with van der Waals surface area (Å²) in [5.74, 6) is 0. The molecule has 2 N–H and O–H groups in total. The van der Waals surface area contributed by atoms with E-state index in [0.717, 1.165) is 5.30 Å². The lowest BCUT2D eigenvalue weighted by Crippen LogP contribution is -2.04. The molecule has 1 aromatic rings. The Labute approximate surface area is 67.2 Å². The van der Waals surface area contributed by atoms with Crippen LogP contribution in [0.1, 0.15) is 6.92 Å². The third-order valence-corrected chi connectivity index (χ3v) is 3.01. The van der Waals surface area contributed by atoms with Gasteiger partial charge in [-0.25, -0.2) is 0 Å². The fourth-order valence-corrected chi connectivity index (χ4v) is 1.84. The number of rotatable bonds is 2. The lowest BCUT2D eigenvalue weighted by atomic mass is 10.3. The fraction of sp³-hybridized carbons (Fsp3) is 0.250. The predicted molar refractivity (Wildman–Crippen MR) is 48.6 cm³/mol. The van der Waals surface area contributed by atoms with E-state index in [2.05, 4.69) is 0 Å². The molecule has 1 aromatic carbocycles. The van der Waals surface area contributed by atoms with Crippen LogP contribution in [0.2, 0.25) is 0 Å². The molecule has 0 aliphatic rings. The lowest BCUT2D eigenvalue weighted by molar-refractivity contribution is 0.594. The molecule has 0 radical (unpaired) electrons. The van der Waals surface area contributed by atoms with Crippen LogP contribution in [-0.2, 0) is 4.57 Å². The quantitative estimate of drug-likeness (QED) is 0.540. The molecule has 1 rings (SSSR count). The minimum atomic E-state index is -1.27. The van der Waals surface area contributed by atoms with Gasteiger partial charge in [0, 0.05) is 0 Å². The van der Waals surface area contributed by atoms with E-state index in [4.69, 9.17) is 5.73 Å². The van der Waals surface area contributed by atoms with Crippen LogP contribution in [0.5, 0.6) is 0 Å². The van der Waals surface area contributed by atoms with Gasteiger partial charge in [-0.05, 0) is 19.1 Å². The van der Waals surface area contributed by atoms with Crippen molar-refractivity contribution in [3.8, 4) is 0 Å². The second-order valence-electron chi connectivity index (χ2n) is 2.25. The Kier molecular flexibility index (Phi) is 2.61. The molecule has 1 unspecified atom stereocenters. The van der Waals surface area contributed by atoms with Gasteiger partial charge in [-0.1, -0.05) is 16.7 Å². The molecule has 2 nitrogen and oxygen atoms in total. The van der Waals surface area contributed by atoms with Gasteiger partial charge in [-0.3, -0.25) is 0 Å². The van der Waals surface area contributed by atoms with Crippen LogP contribution >= 0.6 is 7.80 Å². The van der Waals surface area contributed by atoms with Gasteiger partial charge in [0.25, 0.3) is 0 Å². The van der Waals surface area contributed by atoms with Crippen molar-refractivity contribution in [2.45, 2.75) is 6.92 Å². The first-order chi connectivity index (χ1) is 5.25. The van der Waals surface area contributed by atoms with E-state index in [0.29, 0.717) is 11.8 Å². The van der Waals surface area contributed by atoms with Crippen molar-refractivity contribution < 1.29 is 4.57 Å². The van der Waals surface area contributed by atoms with Gasteiger partial charge in [-0.15, -0.1) is 0 Å². The first-order valence-electron chi connectivity index (χ1n) is 3.55. The molecule has 0 amide bonds. The van der Waals surface area contributed by atoms with Crippen molar-refractivity contribution in [3.05, 3.63) is 24.3 Å². The Bertz CT molecular complexity index is 273. The summed E-state index contributed by atoms with van der Waals surface area (Å²) in [5, 5.41) is 0.782. The molecular weight excluding hydrogens is 157 g/mol. The molecule has 0 aromatic heterocycles. The number of hydrogen-bond donors (Lipinski definition) is 1. The Morgan fingerprint density at radius 3 is 2.64 bits per heavy atom. The number of hydrogen-bond acceptors (Lipinski definition) is 2. The number of benzene rings is 1. The van der Waals surface area contributed by atoms with Crippen molar-refractivity contribution in [1.29, 1.82) is 0 Å².